The Kier molecular flexibility index (Phi) is 7.17. The number of hydrogen-bond acceptors (Lipinski definition) is 4. The summed E-state index contributed by atoms with van der Waals surface area (Å²) in [5.74, 6) is 0.161. The topological polar surface area (TPSA) is 42.2 Å². The van der Waals surface area contributed by atoms with E-state index < -0.39 is 0 Å². The second-order valence-electron chi connectivity index (χ2n) is 6.13. The Morgan fingerprint density at radius 1 is 1.15 bits per heavy atom. The Balaban J connectivity index is 2.51. The van der Waals surface area contributed by atoms with Gasteiger partial charge < -0.3 is 5.11 Å². The van der Waals surface area contributed by atoms with E-state index >= 15 is 0 Å². The maximum atomic E-state index is 11.9. The maximum absolute atomic E-state index is 11.9. The number of aryl methyl sites for hydroxylation is 1. The highest BCUT2D eigenvalue weighted by Gasteiger charge is 2.20. The molecule has 5 heteroatoms. The van der Waals surface area contributed by atoms with Gasteiger partial charge in [0.25, 0.3) is 0 Å². The summed E-state index contributed by atoms with van der Waals surface area (Å²) in [4.78, 5) is 12.7. The largest absolute Gasteiger partial charge is 0.493 e. The fourth-order valence-corrected chi connectivity index (χ4v) is 3.88. The van der Waals surface area contributed by atoms with E-state index in [1.165, 1.54) is 59.4 Å². The number of aromatic nitrogens is 1. The van der Waals surface area contributed by atoms with Gasteiger partial charge in [0, 0.05) is 4.75 Å². The third-order valence-corrected chi connectivity index (χ3v) is 5.12. The molecule has 0 aliphatic heterocycles. The van der Waals surface area contributed by atoms with Crippen molar-refractivity contribution in [1.82, 2.24) is 3.97 Å². The van der Waals surface area contributed by atoms with E-state index in [-0.39, 0.29) is 15.5 Å². The standard InChI is InChI=1S/C15H27NO2S2/c1-5-6-7-8-9-10-11-12-13(17)16(14(18)19-12)20-15(2,3)4/h17H,5-11H2,1-4H3. The van der Waals surface area contributed by atoms with E-state index in [0.717, 1.165) is 17.7 Å². The van der Waals surface area contributed by atoms with Gasteiger partial charge in [-0.2, -0.15) is 0 Å². The van der Waals surface area contributed by atoms with Gasteiger partial charge in [0.15, 0.2) is 0 Å². The van der Waals surface area contributed by atoms with E-state index in [1.54, 1.807) is 0 Å². The molecule has 0 atom stereocenters. The highest BCUT2D eigenvalue weighted by Crippen LogP contribution is 2.32. The zero-order chi connectivity index (χ0) is 15.2. The van der Waals surface area contributed by atoms with Crippen LogP contribution in [0.25, 0.3) is 0 Å². The highest BCUT2D eigenvalue weighted by atomic mass is 32.2. The molecule has 1 aromatic rings. The van der Waals surface area contributed by atoms with Crippen molar-refractivity contribution in [2.75, 3.05) is 0 Å². The molecule has 0 fully saturated rings. The van der Waals surface area contributed by atoms with Crippen molar-refractivity contribution in [2.24, 2.45) is 0 Å². The molecule has 0 aromatic carbocycles. The minimum Gasteiger partial charge on any atom is -0.493 e. The third-order valence-electron chi connectivity index (χ3n) is 2.94. The van der Waals surface area contributed by atoms with Crippen LogP contribution in [0.3, 0.4) is 0 Å². The Morgan fingerprint density at radius 2 is 1.75 bits per heavy atom. The predicted molar refractivity (Wildman–Crippen MR) is 90.1 cm³/mol. The summed E-state index contributed by atoms with van der Waals surface area (Å²) in [6.07, 6.45) is 8.15. The molecule has 1 N–H and O–H groups in total. The summed E-state index contributed by atoms with van der Waals surface area (Å²) in [6.45, 7) is 8.32. The van der Waals surface area contributed by atoms with Crippen molar-refractivity contribution in [3.63, 3.8) is 0 Å². The van der Waals surface area contributed by atoms with Gasteiger partial charge in [-0.05, 0) is 45.6 Å². The molecule has 116 valence electrons. The van der Waals surface area contributed by atoms with Crippen LogP contribution in [0.5, 0.6) is 5.88 Å². The smallest absolute Gasteiger partial charge is 0.320 e. The first-order chi connectivity index (χ1) is 9.35. The van der Waals surface area contributed by atoms with Crippen LogP contribution in [0.2, 0.25) is 0 Å². The molecular formula is C15H27NO2S2. The summed E-state index contributed by atoms with van der Waals surface area (Å²) in [5.41, 5.74) is 0. The molecule has 0 unspecified atom stereocenters. The van der Waals surface area contributed by atoms with Gasteiger partial charge in [0.1, 0.15) is 0 Å². The van der Waals surface area contributed by atoms with Crippen LogP contribution in [0.1, 0.15) is 71.1 Å². The van der Waals surface area contributed by atoms with Crippen LogP contribution in [-0.2, 0) is 6.42 Å². The Hall–Kier alpha value is -0.420. The maximum Gasteiger partial charge on any atom is 0.320 e. The van der Waals surface area contributed by atoms with Gasteiger partial charge in [-0.1, -0.05) is 50.4 Å². The Morgan fingerprint density at radius 3 is 2.35 bits per heavy atom. The van der Waals surface area contributed by atoms with Crippen molar-refractivity contribution in [3.8, 4) is 5.88 Å². The van der Waals surface area contributed by atoms with Crippen LogP contribution < -0.4 is 4.87 Å². The van der Waals surface area contributed by atoms with E-state index in [4.69, 9.17) is 0 Å². The first-order valence-electron chi connectivity index (χ1n) is 7.48. The number of aromatic hydroxyl groups is 1. The van der Waals surface area contributed by atoms with Gasteiger partial charge in [-0.15, -0.1) is 0 Å². The quantitative estimate of drug-likeness (QED) is 0.699. The minimum atomic E-state index is -0.0835. The molecule has 1 rings (SSSR count). The Bertz CT molecular complexity index is 457. The second-order valence-corrected chi connectivity index (χ2v) is 8.95. The second kappa shape index (κ2) is 8.13. The number of nitrogens with zero attached hydrogens (tertiary/aromatic N) is 1. The Labute approximate surface area is 130 Å². The van der Waals surface area contributed by atoms with Gasteiger partial charge in [0.05, 0.1) is 4.88 Å². The lowest BCUT2D eigenvalue weighted by Crippen LogP contribution is -2.16. The molecule has 0 radical (unpaired) electrons. The van der Waals surface area contributed by atoms with Gasteiger partial charge >= 0.3 is 4.87 Å². The summed E-state index contributed by atoms with van der Waals surface area (Å²) in [7, 11) is 0. The third kappa shape index (κ3) is 5.92. The van der Waals surface area contributed by atoms with Crippen molar-refractivity contribution in [2.45, 2.75) is 77.4 Å². The average molecular weight is 318 g/mol. The van der Waals surface area contributed by atoms with E-state index in [2.05, 4.69) is 6.92 Å². The summed E-state index contributed by atoms with van der Waals surface area (Å²) >= 11 is 2.58. The number of unbranched alkanes of at least 4 members (excludes halogenated alkanes) is 5. The fraction of sp³-hybridized carbons (Fsp3) is 0.800. The first kappa shape index (κ1) is 17.6. The SMILES string of the molecule is CCCCCCCCc1sc(=O)n(SC(C)(C)C)c1O. The molecule has 0 spiro atoms. The number of rotatable bonds is 8. The van der Waals surface area contributed by atoms with Crippen LogP contribution in [-0.4, -0.2) is 13.8 Å². The zero-order valence-electron chi connectivity index (χ0n) is 13.1. The van der Waals surface area contributed by atoms with Crippen molar-refractivity contribution < 1.29 is 5.11 Å². The van der Waals surface area contributed by atoms with E-state index in [9.17, 15) is 9.90 Å². The normalized spacial score (nSPS) is 12.0. The molecule has 0 saturated heterocycles. The summed E-state index contributed by atoms with van der Waals surface area (Å²) < 4.78 is 1.36. The van der Waals surface area contributed by atoms with Gasteiger partial charge in [-0.25, -0.2) is 3.97 Å². The lowest BCUT2D eigenvalue weighted by atomic mass is 10.1. The van der Waals surface area contributed by atoms with E-state index in [0.29, 0.717) is 0 Å². The zero-order valence-corrected chi connectivity index (χ0v) is 14.7. The molecule has 1 heterocycles. The molecule has 0 aliphatic carbocycles. The molecule has 0 aliphatic rings. The summed E-state index contributed by atoms with van der Waals surface area (Å²) in [6, 6.07) is 0. The van der Waals surface area contributed by atoms with Crippen LogP contribution >= 0.6 is 23.3 Å². The van der Waals surface area contributed by atoms with Crippen LogP contribution in [0, 0.1) is 0 Å². The van der Waals surface area contributed by atoms with Crippen LogP contribution in [0.15, 0.2) is 4.79 Å². The lowest BCUT2D eigenvalue weighted by molar-refractivity contribution is 0.442. The number of thiazole rings is 1. The fourth-order valence-electron chi connectivity index (χ4n) is 1.98. The average Bonchev–Trinajstić information content (AvgIpc) is 2.60. The van der Waals surface area contributed by atoms with E-state index in [1.807, 2.05) is 20.8 Å². The predicted octanol–water partition coefficient (Wildman–Crippen LogP) is 4.81. The van der Waals surface area contributed by atoms with Crippen molar-refractivity contribution in [3.05, 3.63) is 14.5 Å². The molecule has 1 aromatic heterocycles. The molecule has 0 bridgehead atoms. The molecule has 20 heavy (non-hydrogen) atoms. The van der Waals surface area contributed by atoms with Gasteiger partial charge in [-0.3, -0.25) is 4.79 Å². The summed E-state index contributed by atoms with van der Waals surface area (Å²) in [5, 5.41) is 10.2. The van der Waals surface area contributed by atoms with Crippen LogP contribution in [0.4, 0.5) is 0 Å². The molecular weight excluding hydrogens is 290 g/mol. The molecule has 0 amide bonds. The van der Waals surface area contributed by atoms with Crippen molar-refractivity contribution >= 4 is 23.3 Å². The lowest BCUT2D eigenvalue weighted by Gasteiger charge is -2.17. The first-order valence-corrected chi connectivity index (χ1v) is 9.07. The highest BCUT2D eigenvalue weighted by molar-refractivity contribution is 7.99. The number of hydrogen-bond donors (Lipinski definition) is 1. The minimum absolute atomic E-state index is 0.0663. The van der Waals surface area contributed by atoms with Gasteiger partial charge in [0.2, 0.25) is 5.88 Å². The molecule has 0 saturated carbocycles. The monoisotopic (exact) mass is 317 g/mol. The van der Waals surface area contributed by atoms with Crippen molar-refractivity contribution in [1.29, 1.82) is 0 Å². The molecule has 3 nitrogen and oxygen atoms in total.